The molecule has 2 nitrogen and oxygen atoms in total. The van der Waals surface area contributed by atoms with Gasteiger partial charge in [-0.05, 0) is 38.6 Å². The minimum absolute atomic E-state index is 0.681. The molecule has 0 aliphatic carbocycles. The van der Waals surface area contributed by atoms with Crippen molar-refractivity contribution in [1.29, 1.82) is 0 Å². The van der Waals surface area contributed by atoms with E-state index in [1.807, 2.05) is 0 Å². The fraction of sp³-hybridized carbons (Fsp3) is 0.867. The van der Waals surface area contributed by atoms with Crippen molar-refractivity contribution in [2.24, 2.45) is 5.92 Å². The van der Waals surface area contributed by atoms with Crippen LogP contribution in [0.25, 0.3) is 0 Å². The Kier molecular flexibility index (Phi) is 6.61. The van der Waals surface area contributed by atoms with Crippen molar-refractivity contribution in [3.63, 3.8) is 0 Å². The van der Waals surface area contributed by atoms with Gasteiger partial charge in [0.05, 0.1) is 21.3 Å². The molecule has 3 heteroatoms. The van der Waals surface area contributed by atoms with Gasteiger partial charge in [0.15, 0.2) is 0 Å². The van der Waals surface area contributed by atoms with E-state index in [2.05, 4.69) is 44.2 Å². The predicted octanol–water partition coefficient (Wildman–Crippen LogP) is 3.56. The van der Waals surface area contributed by atoms with Crippen LogP contribution in [0.15, 0.2) is 11.3 Å². The highest BCUT2D eigenvalue weighted by atomic mass is 28.3. The van der Waals surface area contributed by atoms with E-state index >= 15 is 0 Å². The smallest absolute Gasteiger partial charge is 0.0687 e. The summed E-state index contributed by atoms with van der Waals surface area (Å²) in [7, 11) is 1.15. The van der Waals surface area contributed by atoms with Gasteiger partial charge in [-0.2, -0.15) is 0 Å². The molecule has 0 aromatic heterocycles. The molecule has 18 heavy (non-hydrogen) atoms. The second-order valence-corrected chi connectivity index (χ2v) is 11.8. The van der Waals surface area contributed by atoms with Crippen molar-refractivity contribution in [1.82, 2.24) is 4.90 Å². The molecule has 0 saturated carbocycles. The molecule has 106 valence electrons. The van der Waals surface area contributed by atoms with Gasteiger partial charge < -0.3 is 9.64 Å². The molecule has 0 spiro atoms. The van der Waals surface area contributed by atoms with Crippen molar-refractivity contribution in [2.75, 3.05) is 33.4 Å². The number of unbranched alkanes of at least 4 members (excludes halogenated alkanes) is 1. The van der Waals surface area contributed by atoms with Crippen molar-refractivity contribution in [2.45, 2.75) is 45.8 Å². The van der Waals surface area contributed by atoms with Crippen LogP contribution < -0.4 is 0 Å². The Bertz CT molecular complexity index is 270. The minimum Gasteiger partial charge on any atom is -0.376 e. The molecule has 0 radical (unpaired) electrons. The van der Waals surface area contributed by atoms with Gasteiger partial charge in [0.25, 0.3) is 0 Å². The number of hydrogen-bond acceptors (Lipinski definition) is 2. The summed E-state index contributed by atoms with van der Waals surface area (Å²) in [4.78, 5) is 2.47. The SMILES string of the molecule is CCCCN(C)CCC1COC/C1=C\[Si](C)(C)C. The van der Waals surface area contributed by atoms with Crippen LogP contribution in [-0.4, -0.2) is 46.3 Å². The Balaban J connectivity index is 2.39. The van der Waals surface area contributed by atoms with E-state index in [0.717, 1.165) is 13.2 Å². The van der Waals surface area contributed by atoms with Crippen LogP contribution in [0.5, 0.6) is 0 Å². The third kappa shape index (κ3) is 6.16. The summed E-state index contributed by atoms with van der Waals surface area (Å²) >= 11 is 0. The molecule has 0 amide bonds. The van der Waals surface area contributed by atoms with Gasteiger partial charge in [0.1, 0.15) is 0 Å². The highest BCUT2D eigenvalue weighted by Gasteiger charge is 2.24. The van der Waals surface area contributed by atoms with Crippen LogP contribution in [-0.2, 0) is 4.74 Å². The van der Waals surface area contributed by atoms with Gasteiger partial charge in [-0.15, -0.1) is 0 Å². The zero-order valence-corrected chi connectivity index (χ0v) is 14.0. The molecule has 1 rings (SSSR count). The maximum Gasteiger partial charge on any atom is 0.0687 e. The summed E-state index contributed by atoms with van der Waals surface area (Å²) in [5.74, 6) is 0.681. The third-order valence-corrected chi connectivity index (χ3v) is 4.72. The lowest BCUT2D eigenvalue weighted by atomic mass is 10.0. The van der Waals surface area contributed by atoms with E-state index in [9.17, 15) is 0 Å². The summed E-state index contributed by atoms with van der Waals surface area (Å²) < 4.78 is 5.66. The zero-order chi connectivity index (χ0) is 13.6. The Morgan fingerprint density at radius 3 is 2.67 bits per heavy atom. The second kappa shape index (κ2) is 7.46. The van der Waals surface area contributed by atoms with E-state index in [1.165, 1.54) is 32.4 Å². The summed E-state index contributed by atoms with van der Waals surface area (Å²) in [5, 5.41) is 0. The summed E-state index contributed by atoms with van der Waals surface area (Å²) in [6.07, 6.45) is 3.86. The maximum atomic E-state index is 5.66. The van der Waals surface area contributed by atoms with E-state index < -0.39 is 8.07 Å². The normalized spacial score (nSPS) is 23.2. The van der Waals surface area contributed by atoms with E-state index in [4.69, 9.17) is 4.74 Å². The topological polar surface area (TPSA) is 12.5 Å². The summed E-state index contributed by atoms with van der Waals surface area (Å²) in [5.41, 5.74) is 4.13. The molecule has 1 saturated heterocycles. The van der Waals surface area contributed by atoms with Gasteiger partial charge in [-0.3, -0.25) is 0 Å². The van der Waals surface area contributed by atoms with Crippen molar-refractivity contribution >= 4 is 8.07 Å². The van der Waals surface area contributed by atoms with E-state index in [1.54, 1.807) is 5.57 Å². The monoisotopic (exact) mass is 269 g/mol. The molecule has 1 atom stereocenters. The first kappa shape index (κ1) is 15.9. The molecule has 1 aliphatic rings. The first-order chi connectivity index (χ1) is 8.42. The van der Waals surface area contributed by atoms with Gasteiger partial charge in [0.2, 0.25) is 0 Å². The Morgan fingerprint density at radius 1 is 1.33 bits per heavy atom. The average molecular weight is 270 g/mol. The van der Waals surface area contributed by atoms with Gasteiger partial charge in [0, 0.05) is 5.92 Å². The number of rotatable bonds is 7. The zero-order valence-electron chi connectivity index (χ0n) is 13.0. The molecule has 1 heterocycles. The van der Waals surface area contributed by atoms with Crippen LogP contribution >= 0.6 is 0 Å². The molecule has 1 unspecified atom stereocenters. The van der Waals surface area contributed by atoms with Crippen molar-refractivity contribution < 1.29 is 4.74 Å². The fourth-order valence-electron chi connectivity index (χ4n) is 2.44. The van der Waals surface area contributed by atoms with Crippen molar-refractivity contribution in [3.05, 3.63) is 11.3 Å². The molecule has 1 aliphatic heterocycles. The molecule has 0 bridgehead atoms. The van der Waals surface area contributed by atoms with E-state index in [-0.39, 0.29) is 0 Å². The second-order valence-electron chi connectivity index (χ2n) is 6.74. The lowest BCUT2D eigenvalue weighted by Crippen LogP contribution is -2.24. The number of hydrogen-bond donors (Lipinski definition) is 0. The minimum atomic E-state index is -1.10. The lowest BCUT2D eigenvalue weighted by molar-refractivity contribution is 0.181. The number of nitrogens with zero attached hydrogens (tertiary/aromatic N) is 1. The fourth-order valence-corrected chi connectivity index (χ4v) is 3.88. The molecule has 0 aromatic rings. The average Bonchev–Trinajstić information content (AvgIpc) is 2.68. The summed E-state index contributed by atoms with van der Waals surface area (Å²) in [6, 6.07) is 0. The number of ether oxygens (including phenoxy) is 1. The van der Waals surface area contributed by atoms with Crippen LogP contribution in [0.4, 0.5) is 0 Å². The molecule has 0 aromatic carbocycles. The predicted molar refractivity (Wildman–Crippen MR) is 82.8 cm³/mol. The van der Waals surface area contributed by atoms with Gasteiger partial charge in [-0.1, -0.05) is 38.7 Å². The van der Waals surface area contributed by atoms with E-state index in [0.29, 0.717) is 5.92 Å². The molecular formula is C15H31NOSi. The molecule has 1 fully saturated rings. The maximum absolute atomic E-state index is 5.66. The largest absolute Gasteiger partial charge is 0.376 e. The van der Waals surface area contributed by atoms with Crippen molar-refractivity contribution in [3.8, 4) is 0 Å². The first-order valence-electron chi connectivity index (χ1n) is 7.40. The van der Waals surface area contributed by atoms with Crippen LogP contribution in [0.3, 0.4) is 0 Å². The highest BCUT2D eigenvalue weighted by molar-refractivity contribution is 6.81. The quantitative estimate of drug-likeness (QED) is 0.655. The lowest BCUT2D eigenvalue weighted by Gasteiger charge is -2.20. The van der Waals surface area contributed by atoms with Crippen LogP contribution in [0.1, 0.15) is 26.2 Å². The third-order valence-electron chi connectivity index (χ3n) is 3.48. The first-order valence-corrected chi connectivity index (χ1v) is 11.0. The summed E-state index contributed by atoms with van der Waals surface area (Å²) in [6.45, 7) is 13.7. The standard InChI is InChI=1S/C15H31NOSi/c1-6-7-9-16(2)10-8-14-11-17-12-15(14)13-18(3,4)5/h13-14H,6-12H2,1-5H3/b15-13+. The highest BCUT2D eigenvalue weighted by Crippen LogP contribution is 2.25. The molecule has 0 N–H and O–H groups in total. The van der Waals surface area contributed by atoms with Crippen LogP contribution in [0, 0.1) is 5.92 Å². The van der Waals surface area contributed by atoms with Gasteiger partial charge in [-0.25, -0.2) is 0 Å². The molecular weight excluding hydrogens is 238 g/mol. The van der Waals surface area contributed by atoms with Gasteiger partial charge >= 0.3 is 0 Å². The van der Waals surface area contributed by atoms with Crippen LogP contribution in [0.2, 0.25) is 19.6 Å². The Morgan fingerprint density at radius 2 is 2.06 bits per heavy atom. The Labute approximate surface area is 114 Å². The Hall–Kier alpha value is -0.123.